The van der Waals surface area contributed by atoms with E-state index in [-0.39, 0.29) is 0 Å². The van der Waals surface area contributed by atoms with Gasteiger partial charge in [0.15, 0.2) is 0 Å². The monoisotopic (exact) mass is 182 g/mol. The van der Waals surface area contributed by atoms with E-state index in [2.05, 4.69) is 6.58 Å². The summed E-state index contributed by atoms with van der Waals surface area (Å²) < 4.78 is 5.25. The van der Waals surface area contributed by atoms with Gasteiger partial charge in [0.25, 0.3) is 0 Å². The zero-order valence-electron chi connectivity index (χ0n) is 6.79. The molecule has 0 amide bonds. The average molecular weight is 183 g/mol. The van der Waals surface area contributed by atoms with Crippen LogP contribution in [-0.4, -0.2) is 6.61 Å². The van der Waals surface area contributed by atoms with Gasteiger partial charge in [-0.05, 0) is 11.6 Å². The van der Waals surface area contributed by atoms with E-state index in [4.69, 9.17) is 16.3 Å². The molecule has 64 valence electrons. The first-order valence-corrected chi connectivity index (χ1v) is 4.14. The van der Waals surface area contributed by atoms with Gasteiger partial charge in [-0.3, -0.25) is 0 Å². The zero-order valence-corrected chi connectivity index (χ0v) is 7.55. The third-order valence-electron chi connectivity index (χ3n) is 1.45. The molecule has 1 aromatic carbocycles. The molecular weight excluding hydrogens is 172 g/mol. The van der Waals surface area contributed by atoms with Gasteiger partial charge >= 0.3 is 0 Å². The Bertz CT molecular complexity index is 258. The highest BCUT2D eigenvalue weighted by atomic mass is 35.5. The molecule has 0 heterocycles. The summed E-state index contributed by atoms with van der Waals surface area (Å²) in [5.74, 6) is 0. The van der Waals surface area contributed by atoms with E-state index >= 15 is 0 Å². The van der Waals surface area contributed by atoms with Crippen molar-refractivity contribution in [1.82, 2.24) is 0 Å². The fourth-order valence-corrected chi connectivity index (χ4v) is 1.06. The van der Waals surface area contributed by atoms with Crippen molar-refractivity contribution >= 4 is 11.6 Å². The molecule has 0 N–H and O–H groups in total. The summed E-state index contributed by atoms with van der Waals surface area (Å²) in [5.41, 5.74) is 1.01. The Balaban J connectivity index is 2.51. The quantitative estimate of drug-likeness (QED) is 0.514. The summed E-state index contributed by atoms with van der Waals surface area (Å²) in [7, 11) is 0. The van der Waals surface area contributed by atoms with Gasteiger partial charge in [0, 0.05) is 5.02 Å². The molecule has 0 aliphatic heterocycles. The summed E-state index contributed by atoms with van der Waals surface area (Å²) in [5, 5.41) is 0.751. The van der Waals surface area contributed by atoms with Gasteiger partial charge in [-0.2, -0.15) is 0 Å². The Hall–Kier alpha value is -0.790. The van der Waals surface area contributed by atoms with Gasteiger partial charge in [-0.25, -0.2) is 0 Å². The third kappa shape index (κ3) is 2.68. The van der Waals surface area contributed by atoms with E-state index in [1.807, 2.05) is 24.3 Å². The van der Waals surface area contributed by atoms with Crippen LogP contribution in [0.25, 0.3) is 0 Å². The van der Waals surface area contributed by atoms with Gasteiger partial charge in [0.2, 0.25) is 0 Å². The summed E-state index contributed by atoms with van der Waals surface area (Å²) in [6, 6.07) is 7.65. The highest BCUT2D eigenvalue weighted by Crippen LogP contribution is 2.15. The van der Waals surface area contributed by atoms with Crippen molar-refractivity contribution in [2.45, 2.75) is 6.61 Å². The maximum absolute atomic E-state index is 5.90. The highest BCUT2D eigenvalue weighted by molar-refractivity contribution is 6.31. The van der Waals surface area contributed by atoms with Crippen molar-refractivity contribution in [2.24, 2.45) is 0 Å². The predicted molar refractivity (Wildman–Crippen MR) is 51.3 cm³/mol. The number of hydrogen-bond donors (Lipinski definition) is 0. The first-order chi connectivity index (χ1) is 5.84. The van der Waals surface area contributed by atoms with Gasteiger partial charge in [-0.15, -0.1) is 6.58 Å². The maximum atomic E-state index is 5.90. The number of benzene rings is 1. The van der Waals surface area contributed by atoms with Crippen LogP contribution in [0.1, 0.15) is 5.56 Å². The van der Waals surface area contributed by atoms with Crippen molar-refractivity contribution in [3.8, 4) is 0 Å². The molecule has 12 heavy (non-hydrogen) atoms. The van der Waals surface area contributed by atoms with Crippen molar-refractivity contribution in [3.63, 3.8) is 0 Å². The molecule has 0 fully saturated rings. The molecule has 0 aliphatic rings. The van der Waals surface area contributed by atoms with Crippen LogP contribution in [0.15, 0.2) is 36.9 Å². The smallest absolute Gasteiger partial charge is 0.0735 e. The molecule has 0 saturated carbocycles. The van der Waals surface area contributed by atoms with Crippen LogP contribution in [0, 0.1) is 0 Å². The fraction of sp³-hybridized carbons (Fsp3) is 0.200. The Morgan fingerprint density at radius 1 is 1.42 bits per heavy atom. The van der Waals surface area contributed by atoms with Crippen LogP contribution in [0.2, 0.25) is 5.02 Å². The summed E-state index contributed by atoms with van der Waals surface area (Å²) in [6.07, 6.45) is 1.72. The Morgan fingerprint density at radius 3 is 2.83 bits per heavy atom. The van der Waals surface area contributed by atoms with Gasteiger partial charge in [-0.1, -0.05) is 35.9 Å². The van der Waals surface area contributed by atoms with Crippen LogP contribution in [0.3, 0.4) is 0 Å². The van der Waals surface area contributed by atoms with E-state index in [0.717, 1.165) is 10.6 Å². The fourth-order valence-electron chi connectivity index (χ4n) is 0.868. The van der Waals surface area contributed by atoms with Crippen molar-refractivity contribution < 1.29 is 4.74 Å². The minimum atomic E-state index is 0.547. The highest BCUT2D eigenvalue weighted by Gasteiger charge is 1.96. The van der Waals surface area contributed by atoms with Gasteiger partial charge in [0.1, 0.15) is 0 Å². The third-order valence-corrected chi connectivity index (χ3v) is 1.82. The van der Waals surface area contributed by atoms with Crippen LogP contribution in [0.5, 0.6) is 0 Å². The first-order valence-electron chi connectivity index (χ1n) is 3.76. The second-order valence-electron chi connectivity index (χ2n) is 2.40. The van der Waals surface area contributed by atoms with Gasteiger partial charge < -0.3 is 4.74 Å². The van der Waals surface area contributed by atoms with E-state index in [9.17, 15) is 0 Å². The molecule has 1 aromatic rings. The van der Waals surface area contributed by atoms with Crippen LogP contribution in [-0.2, 0) is 11.3 Å². The molecule has 0 aliphatic carbocycles. The minimum Gasteiger partial charge on any atom is -0.373 e. The second kappa shape index (κ2) is 4.96. The van der Waals surface area contributed by atoms with Crippen LogP contribution in [0.4, 0.5) is 0 Å². The number of halogens is 1. The molecule has 0 unspecified atom stereocenters. The average Bonchev–Trinajstić information content (AvgIpc) is 2.09. The lowest BCUT2D eigenvalue weighted by molar-refractivity contribution is 0.149. The van der Waals surface area contributed by atoms with E-state index in [0.29, 0.717) is 13.2 Å². The Morgan fingerprint density at radius 2 is 2.17 bits per heavy atom. The molecule has 0 atom stereocenters. The predicted octanol–water partition coefficient (Wildman–Crippen LogP) is 3.04. The van der Waals surface area contributed by atoms with Crippen LogP contribution >= 0.6 is 11.6 Å². The molecule has 0 aromatic heterocycles. The molecule has 2 heteroatoms. The lowest BCUT2D eigenvalue weighted by atomic mass is 10.2. The SMILES string of the molecule is C=CCOCc1ccccc1Cl. The first kappa shape index (κ1) is 9.30. The topological polar surface area (TPSA) is 9.23 Å². The zero-order chi connectivity index (χ0) is 8.81. The summed E-state index contributed by atoms with van der Waals surface area (Å²) >= 11 is 5.90. The Kier molecular flexibility index (Phi) is 3.85. The molecule has 0 saturated heterocycles. The molecule has 0 bridgehead atoms. The largest absolute Gasteiger partial charge is 0.373 e. The second-order valence-corrected chi connectivity index (χ2v) is 2.80. The lowest BCUT2D eigenvalue weighted by Crippen LogP contribution is -1.92. The van der Waals surface area contributed by atoms with Crippen molar-refractivity contribution in [3.05, 3.63) is 47.5 Å². The maximum Gasteiger partial charge on any atom is 0.0735 e. The number of ether oxygens (including phenoxy) is 1. The summed E-state index contributed by atoms with van der Waals surface area (Å²) in [6.45, 7) is 4.66. The molecule has 1 nitrogen and oxygen atoms in total. The van der Waals surface area contributed by atoms with Crippen LogP contribution < -0.4 is 0 Å². The van der Waals surface area contributed by atoms with Crippen molar-refractivity contribution in [1.29, 1.82) is 0 Å². The molecular formula is C10H11ClO. The molecule has 0 spiro atoms. The van der Waals surface area contributed by atoms with Crippen molar-refractivity contribution in [2.75, 3.05) is 6.61 Å². The number of hydrogen-bond acceptors (Lipinski definition) is 1. The molecule has 0 radical (unpaired) electrons. The standard InChI is InChI=1S/C10H11ClO/c1-2-7-12-8-9-5-3-4-6-10(9)11/h2-6H,1,7-8H2. The van der Waals surface area contributed by atoms with E-state index in [1.54, 1.807) is 6.08 Å². The van der Waals surface area contributed by atoms with E-state index < -0.39 is 0 Å². The minimum absolute atomic E-state index is 0.547. The molecule has 1 rings (SSSR count). The van der Waals surface area contributed by atoms with E-state index in [1.165, 1.54) is 0 Å². The Labute approximate surface area is 77.6 Å². The lowest BCUT2D eigenvalue weighted by Gasteiger charge is -2.02. The summed E-state index contributed by atoms with van der Waals surface area (Å²) in [4.78, 5) is 0. The normalized spacial score (nSPS) is 9.75. The van der Waals surface area contributed by atoms with Gasteiger partial charge in [0.05, 0.1) is 13.2 Å². The number of rotatable bonds is 4.